The molecule has 0 fully saturated rings. The molecule has 0 radical (unpaired) electrons. The van der Waals surface area contributed by atoms with Crippen LogP contribution in [0.1, 0.15) is 21.5 Å². The molecule has 1 N–H and O–H groups in total. The summed E-state index contributed by atoms with van der Waals surface area (Å²) in [7, 11) is -3.72. The van der Waals surface area contributed by atoms with Gasteiger partial charge in [0.1, 0.15) is 12.0 Å². The summed E-state index contributed by atoms with van der Waals surface area (Å²) >= 11 is 0. The third-order valence-corrected chi connectivity index (χ3v) is 5.07. The highest BCUT2D eigenvalue weighted by molar-refractivity contribution is 7.91. The van der Waals surface area contributed by atoms with E-state index in [1.54, 1.807) is 24.3 Å². The summed E-state index contributed by atoms with van der Waals surface area (Å²) in [5, 5.41) is 9.47. The van der Waals surface area contributed by atoms with Gasteiger partial charge < -0.3 is 5.11 Å². The third-order valence-electron chi connectivity index (χ3n) is 3.19. The van der Waals surface area contributed by atoms with E-state index in [9.17, 15) is 18.3 Å². The van der Waals surface area contributed by atoms with Gasteiger partial charge in [-0.2, -0.15) is 0 Å². The zero-order chi connectivity index (χ0) is 14.3. The van der Waals surface area contributed by atoms with Gasteiger partial charge in [-0.15, -0.1) is 0 Å². The Morgan fingerprint density at radius 2 is 1.65 bits per heavy atom. The number of hydrogen-bond acceptors (Lipinski definition) is 4. The van der Waals surface area contributed by atoms with E-state index in [-0.39, 0.29) is 15.5 Å². The van der Waals surface area contributed by atoms with Crippen molar-refractivity contribution in [3.8, 4) is 5.75 Å². The summed E-state index contributed by atoms with van der Waals surface area (Å²) in [4.78, 5) is 11.1. The fraction of sp³-hybridized carbons (Fsp3) is 0. The fourth-order valence-electron chi connectivity index (χ4n) is 2.20. The molecule has 0 saturated heterocycles. The van der Waals surface area contributed by atoms with Crippen molar-refractivity contribution in [3.63, 3.8) is 0 Å². The Morgan fingerprint density at radius 3 is 2.40 bits per heavy atom. The van der Waals surface area contributed by atoms with Gasteiger partial charge in [-0.05, 0) is 35.4 Å². The van der Waals surface area contributed by atoms with Crippen LogP contribution in [0.4, 0.5) is 0 Å². The number of phenolic OH excluding ortho intramolecular Hbond substituents is 1. The molecule has 4 nitrogen and oxygen atoms in total. The number of benzene rings is 2. The highest BCUT2D eigenvalue weighted by atomic mass is 32.2. The van der Waals surface area contributed by atoms with Crippen molar-refractivity contribution < 1.29 is 18.3 Å². The Labute approximate surface area is 115 Å². The Bertz CT molecular complexity index is 848. The minimum atomic E-state index is -3.72. The van der Waals surface area contributed by atoms with Crippen LogP contribution >= 0.6 is 0 Å². The number of aromatic hydroxyl groups is 1. The number of rotatable bonds is 1. The average molecular weight is 286 g/mol. The van der Waals surface area contributed by atoms with E-state index < -0.39 is 9.84 Å². The van der Waals surface area contributed by atoms with E-state index in [0.717, 1.165) is 0 Å². The fourth-order valence-corrected chi connectivity index (χ4v) is 3.86. The summed E-state index contributed by atoms with van der Waals surface area (Å²) in [6.45, 7) is 0. The maximum atomic E-state index is 12.7. The van der Waals surface area contributed by atoms with Crippen molar-refractivity contribution in [2.24, 2.45) is 0 Å². The second kappa shape index (κ2) is 4.31. The van der Waals surface area contributed by atoms with E-state index in [2.05, 4.69) is 0 Å². The van der Waals surface area contributed by atoms with Gasteiger partial charge in [-0.1, -0.05) is 24.3 Å². The van der Waals surface area contributed by atoms with Crippen LogP contribution in [0.15, 0.2) is 46.2 Å². The number of fused-ring (bicyclic) bond motifs is 2. The largest absolute Gasteiger partial charge is 0.508 e. The van der Waals surface area contributed by atoms with Gasteiger partial charge in [0.15, 0.2) is 0 Å². The molecule has 3 rings (SSSR count). The quantitative estimate of drug-likeness (QED) is 0.698. The minimum Gasteiger partial charge on any atom is -0.508 e. The molecule has 1 heterocycles. The molecule has 0 saturated carbocycles. The molecule has 0 bridgehead atoms. The first-order valence-corrected chi connectivity index (χ1v) is 7.36. The Hall–Kier alpha value is -2.40. The zero-order valence-electron chi connectivity index (χ0n) is 10.3. The normalized spacial score (nSPS) is 15.0. The highest BCUT2D eigenvalue weighted by Crippen LogP contribution is 2.34. The summed E-state index contributed by atoms with van der Waals surface area (Å²) in [5.41, 5.74) is 1.25. The van der Waals surface area contributed by atoms with Gasteiger partial charge in [0.05, 0.1) is 9.79 Å². The number of carbonyl (C=O) groups is 1. The predicted molar refractivity (Wildman–Crippen MR) is 74.3 cm³/mol. The lowest BCUT2D eigenvalue weighted by Gasteiger charge is -2.08. The van der Waals surface area contributed by atoms with Crippen LogP contribution < -0.4 is 0 Å². The Kier molecular flexibility index (Phi) is 2.72. The van der Waals surface area contributed by atoms with Crippen molar-refractivity contribution in [3.05, 3.63) is 53.1 Å². The topological polar surface area (TPSA) is 71.4 Å². The van der Waals surface area contributed by atoms with Crippen LogP contribution in [-0.4, -0.2) is 19.8 Å². The van der Waals surface area contributed by atoms with Crippen molar-refractivity contribution in [2.45, 2.75) is 9.79 Å². The molecule has 1 aliphatic heterocycles. The van der Waals surface area contributed by atoms with Crippen LogP contribution in [0.3, 0.4) is 0 Å². The molecular formula is C15H10O4S. The van der Waals surface area contributed by atoms with Crippen molar-refractivity contribution in [2.75, 3.05) is 0 Å². The first-order valence-electron chi connectivity index (χ1n) is 5.88. The van der Waals surface area contributed by atoms with E-state index in [1.165, 1.54) is 24.3 Å². The zero-order valence-corrected chi connectivity index (χ0v) is 11.1. The first kappa shape index (κ1) is 12.6. The molecular weight excluding hydrogens is 276 g/mol. The van der Waals surface area contributed by atoms with E-state index in [4.69, 9.17) is 0 Å². The third kappa shape index (κ3) is 1.83. The van der Waals surface area contributed by atoms with Crippen LogP contribution in [0.2, 0.25) is 0 Å². The van der Waals surface area contributed by atoms with Gasteiger partial charge in [-0.3, -0.25) is 4.79 Å². The molecule has 2 aromatic rings. The van der Waals surface area contributed by atoms with Gasteiger partial charge in [0.2, 0.25) is 9.84 Å². The molecule has 0 aliphatic carbocycles. The molecule has 0 aromatic heterocycles. The second-order valence-corrected chi connectivity index (χ2v) is 6.36. The van der Waals surface area contributed by atoms with E-state index in [0.29, 0.717) is 23.0 Å². The van der Waals surface area contributed by atoms with Gasteiger partial charge in [0, 0.05) is 5.56 Å². The Balaban J connectivity index is 2.37. The molecule has 20 heavy (non-hydrogen) atoms. The summed E-state index contributed by atoms with van der Waals surface area (Å²) < 4.78 is 25.3. The van der Waals surface area contributed by atoms with Crippen molar-refractivity contribution in [1.82, 2.24) is 0 Å². The predicted octanol–water partition coefficient (Wildman–Crippen LogP) is 2.52. The average Bonchev–Trinajstić information content (AvgIpc) is 2.54. The number of aldehydes is 1. The Morgan fingerprint density at radius 1 is 0.900 bits per heavy atom. The number of carbonyl (C=O) groups excluding carboxylic acids is 1. The molecule has 0 atom stereocenters. The highest BCUT2D eigenvalue weighted by Gasteiger charge is 2.25. The maximum absolute atomic E-state index is 12.7. The molecule has 1 aliphatic rings. The summed E-state index contributed by atoms with van der Waals surface area (Å²) in [5.74, 6) is 0.00290. The maximum Gasteiger partial charge on any atom is 0.207 e. The SMILES string of the molecule is O=Cc1ccc2c(c1)S(=O)(=O)c1ccc(O)cc1C=C2. The molecule has 5 heteroatoms. The summed E-state index contributed by atoms with van der Waals surface area (Å²) in [6.07, 6.45) is 3.91. The molecule has 0 spiro atoms. The van der Waals surface area contributed by atoms with Gasteiger partial charge in [-0.25, -0.2) is 8.42 Å². The molecule has 2 aromatic carbocycles. The minimum absolute atomic E-state index is 0.00290. The lowest BCUT2D eigenvalue weighted by Crippen LogP contribution is -2.05. The van der Waals surface area contributed by atoms with E-state index in [1.807, 2.05) is 0 Å². The van der Waals surface area contributed by atoms with Crippen molar-refractivity contribution >= 4 is 28.3 Å². The standard InChI is InChI=1S/C15H10O4S/c16-9-10-1-2-11-3-4-12-8-13(17)5-6-14(12)20(18,19)15(11)7-10/h1-9,17H. The number of phenols is 1. The van der Waals surface area contributed by atoms with Gasteiger partial charge in [0.25, 0.3) is 0 Å². The number of hydrogen-bond donors (Lipinski definition) is 1. The lowest BCUT2D eigenvalue weighted by atomic mass is 10.1. The first-order chi connectivity index (χ1) is 9.52. The number of sulfone groups is 1. The lowest BCUT2D eigenvalue weighted by molar-refractivity contribution is 0.112. The second-order valence-electron chi connectivity index (χ2n) is 4.47. The molecule has 100 valence electrons. The van der Waals surface area contributed by atoms with Crippen LogP contribution in [0, 0.1) is 0 Å². The van der Waals surface area contributed by atoms with Crippen LogP contribution in [0.25, 0.3) is 12.2 Å². The van der Waals surface area contributed by atoms with Gasteiger partial charge >= 0.3 is 0 Å². The van der Waals surface area contributed by atoms with Crippen LogP contribution in [-0.2, 0) is 9.84 Å². The van der Waals surface area contributed by atoms with E-state index >= 15 is 0 Å². The monoisotopic (exact) mass is 286 g/mol. The van der Waals surface area contributed by atoms with Crippen LogP contribution in [0.5, 0.6) is 5.75 Å². The smallest absolute Gasteiger partial charge is 0.207 e. The molecule has 0 amide bonds. The van der Waals surface area contributed by atoms with Crippen molar-refractivity contribution in [1.29, 1.82) is 0 Å². The molecule has 0 unspecified atom stereocenters. The summed E-state index contributed by atoms with van der Waals surface area (Å²) in [6, 6.07) is 8.63.